The Morgan fingerprint density at radius 2 is 1.85 bits per heavy atom. The third-order valence-electron chi connectivity index (χ3n) is 6.15. The van der Waals surface area contributed by atoms with Crippen molar-refractivity contribution in [3.63, 3.8) is 0 Å². The van der Waals surface area contributed by atoms with Crippen LogP contribution < -0.4 is 5.73 Å². The molecule has 1 aliphatic rings. The van der Waals surface area contributed by atoms with Gasteiger partial charge < -0.3 is 10.6 Å². The summed E-state index contributed by atoms with van der Waals surface area (Å²) in [6, 6.07) is 3.87. The van der Waals surface area contributed by atoms with E-state index in [-0.39, 0.29) is 29.0 Å². The number of hydrogen-bond acceptors (Lipinski definition) is 4. The number of likely N-dealkylation sites (tertiary alicyclic amines) is 1. The van der Waals surface area contributed by atoms with Crippen LogP contribution in [0.1, 0.15) is 46.8 Å². The Labute approximate surface area is 189 Å². The number of anilines is 1. The van der Waals surface area contributed by atoms with Crippen LogP contribution >= 0.6 is 0 Å². The Bertz CT molecular complexity index is 1430. The third-order valence-corrected chi connectivity index (χ3v) is 6.15. The van der Waals surface area contributed by atoms with Crippen molar-refractivity contribution in [2.45, 2.75) is 31.5 Å². The van der Waals surface area contributed by atoms with Gasteiger partial charge in [0.1, 0.15) is 23.0 Å². The summed E-state index contributed by atoms with van der Waals surface area (Å²) < 4.78 is 70.2. The Morgan fingerprint density at radius 1 is 1.06 bits per heavy atom. The number of halogens is 5. The minimum Gasteiger partial charge on any atom is -0.382 e. The van der Waals surface area contributed by atoms with Gasteiger partial charge >= 0.3 is 6.18 Å². The highest BCUT2D eigenvalue weighted by Gasteiger charge is 2.35. The number of nitrogen functional groups attached to an aromatic ring is 1. The molecule has 1 atom stereocenters. The number of carbonyl (C=O) groups is 1. The van der Waals surface area contributed by atoms with Gasteiger partial charge in [-0.25, -0.2) is 18.7 Å². The number of piperidine rings is 1. The smallest absolute Gasteiger partial charge is 0.382 e. The lowest BCUT2D eigenvalue weighted by Gasteiger charge is -2.36. The first-order valence-electron chi connectivity index (χ1n) is 10.5. The SMILES string of the molecule is Nc1nc2cc(F)c(C(=O)N3CCCC[C@@H]3c3ccc(C(F)(F)F)cc3F)cc2n2cncc12. The van der Waals surface area contributed by atoms with Gasteiger partial charge in [-0.1, -0.05) is 6.07 Å². The van der Waals surface area contributed by atoms with Gasteiger partial charge in [0, 0.05) is 18.2 Å². The first-order chi connectivity index (χ1) is 16.1. The molecular weight excluding hydrogens is 457 g/mol. The average molecular weight is 475 g/mol. The molecule has 2 N–H and O–H groups in total. The number of imidazole rings is 1. The number of nitrogens with zero attached hydrogens (tertiary/aromatic N) is 4. The molecule has 0 spiro atoms. The fourth-order valence-corrected chi connectivity index (χ4v) is 4.49. The molecule has 1 aliphatic heterocycles. The summed E-state index contributed by atoms with van der Waals surface area (Å²) in [7, 11) is 0. The molecule has 1 fully saturated rings. The van der Waals surface area contributed by atoms with Gasteiger partial charge in [0.25, 0.3) is 5.91 Å². The van der Waals surface area contributed by atoms with Crippen LogP contribution in [0, 0.1) is 11.6 Å². The summed E-state index contributed by atoms with van der Waals surface area (Å²) in [4.78, 5) is 22.9. The van der Waals surface area contributed by atoms with Crippen LogP contribution in [0.3, 0.4) is 0 Å². The van der Waals surface area contributed by atoms with Crippen molar-refractivity contribution >= 4 is 28.3 Å². The van der Waals surface area contributed by atoms with E-state index in [9.17, 15) is 22.4 Å². The first kappa shape index (κ1) is 22.1. The number of amides is 1. The minimum absolute atomic E-state index is 0.0336. The van der Waals surface area contributed by atoms with Crippen LogP contribution in [-0.4, -0.2) is 31.7 Å². The quantitative estimate of drug-likeness (QED) is 0.408. The van der Waals surface area contributed by atoms with E-state index in [1.165, 1.54) is 23.5 Å². The monoisotopic (exact) mass is 475 g/mol. The average Bonchev–Trinajstić information content (AvgIpc) is 3.29. The maximum atomic E-state index is 15.0. The molecule has 34 heavy (non-hydrogen) atoms. The zero-order chi connectivity index (χ0) is 24.2. The van der Waals surface area contributed by atoms with Gasteiger partial charge in [-0.2, -0.15) is 13.2 Å². The molecule has 5 rings (SSSR count). The zero-order valence-electron chi connectivity index (χ0n) is 17.6. The Hall–Kier alpha value is -3.76. The fourth-order valence-electron chi connectivity index (χ4n) is 4.49. The normalized spacial score (nSPS) is 17.0. The van der Waals surface area contributed by atoms with E-state index in [1.807, 2.05) is 0 Å². The van der Waals surface area contributed by atoms with Gasteiger partial charge in [0.2, 0.25) is 0 Å². The summed E-state index contributed by atoms with van der Waals surface area (Å²) in [5.74, 6) is -2.43. The van der Waals surface area contributed by atoms with E-state index < -0.39 is 35.3 Å². The van der Waals surface area contributed by atoms with Gasteiger partial charge in [-0.05, 0) is 37.5 Å². The van der Waals surface area contributed by atoms with Crippen molar-refractivity contribution in [3.05, 3.63) is 71.2 Å². The van der Waals surface area contributed by atoms with Crippen LogP contribution in [0.4, 0.5) is 27.8 Å². The highest BCUT2D eigenvalue weighted by molar-refractivity contribution is 5.98. The zero-order valence-corrected chi connectivity index (χ0v) is 17.6. The van der Waals surface area contributed by atoms with Crippen molar-refractivity contribution in [1.29, 1.82) is 0 Å². The summed E-state index contributed by atoms with van der Waals surface area (Å²) >= 11 is 0. The number of carbonyl (C=O) groups excluding carboxylic acids is 1. The maximum Gasteiger partial charge on any atom is 0.416 e. The van der Waals surface area contributed by atoms with Crippen LogP contribution in [0.15, 0.2) is 42.9 Å². The largest absolute Gasteiger partial charge is 0.416 e. The molecule has 1 amide bonds. The molecule has 0 aliphatic carbocycles. The number of rotatable bonds is 2. The van der Waals surface area contributed by atoms with Gasteiger partial charge in [0.05, 0.1) is 40.7 Å². The molecular formula is C23H18F5N5O. The molecule has 2 aromatic heterocycles. The van der Waals surface area contributed by atoms with E-state index in [2.05, 4.69) is 9.97 Å². The molecule has 0 bridgehead atoms. The number of hydrogen-bond donors (Lipinski definition) is 1. The van der Waals surface area contributed by atoms with Gasteiger partial charge in [-0.3, -0.25) is 9.20 Å². The standard InChI is InChI=1S/C23H18F5N5O/c24-15-7-12(23(26,27)28)4-5-13(15)18-3-1-2-6-32(18)22(34)14-8-19-17(9-16(14)25)31-21(29)20-10-30-11-33(19)20/h4-5,7-11,18H,1-3,6H2,(H2,29,31)/t18-/m1/s1. The van der Waals surface area contributed by atoms with Crippen molar-refractivity contribution < 1.29 is 26.7 Å². The van der Waals surface area contributed by atoms with E-state index in [4.69, 9.17) is 5.73 Å². The lowest BCUT2D eigenvalue weighted by Crippen LogP contribution is -2.39. The molecule has 0 saturated carbocycles. The Morgan fingerprint density at radius 3 is 2.59 bits per heavy atom. The van der Waals surface area contributed by atoms with Crippen LogP contribution in [0.2, 0.25) is 0 Å². The van der Waals surface area contributed by atoms with Crippen molar-refractivity contribution in [3.8, 4) is 0 Å². The highest BCUT2D eigenvalue weighted by atomic mass is 19.4. The van der Waals surface area contributed by atoms with Crippen LogP contribution in [0.5, 0.6) is 0 Å². The van der Waals surface area contributed by atoms with Crippen LogP contribution in [0.25, 0.3) is 16.6 Å². The minimum atomic E-state index is -4.69. The number of aromatic nitrogens is 3. The second-order valence-corrected chi connectivity index (χ2v) is 8.21. The summed E-state index contributed by atoms with van der Waals surface area (Å²) in [6.45, 7) is 0.210. The van der Waals surface area contributed by atoms with Crippen molar-refractivity contribution in [2.75, 3.05) is 12.3 Å². The number of benzene rings is 2. The van der Waals surface area contributed by atoms with Crippen molar-refractivity contribution in [1.82, 2.24) is 19.3 Å². The topological polar surface area (TPSA) is 76.5 Å². The van der Waals surface area contributed by atoms with E-state index >= 15 is 4.39 Å². The number of fused-ring (bicyclic) bond motifs is 3. The Kier molecular flexibility index (Phi) is 5.14. The lowest BCUT2D eigenvalue weighted by atomic mass is 9.93. The molecule has 6 nitrogen and oxygen atoms in total. The lowest BCUT2D eigenvalue weighted by molar-refractivity contribution is -0.137. The van der Waals surface area contributed by atoms with Gasteiger partial charge in [0.15, 0.2) is 0 Å². The third kappa shape index (κ3) is 3.61. The Balaban J connectivity index is 1.57. The van der Waals surface area contributed by atoms with Crippen LogP contribution in [-0.2, 0) is 6.18 Å². The highest BCUT2D eigenvalue weighted by Crippen LogP contribution is 2.37. The molecule has 2 aromatic carbocycles. The molecule has 1 saturated heterocycles. The maximum absolute atomic E-state index is 15.0. The molecule has 11 heteroatoms. The summed E-state index contributed by atoms with van der Waals surface area (Å²) in [6.07, 6.45) is -0.153. The fraction of sp³-hybridized carbons (Fsp3) is 0.261. The predicted molar refractivity (Wildman–Crippen MR) is 114 cm³/mol. The molecule has 176 valence electrons. The second kappa shape index (κ2) is 7.93. The van der Waals surface area contributed by atoms with E-state index in [0.717, 1.165) is 18.2 Å². The summed E-state index contributed by atoms with van der Waals surface area (Å²) in [5, 5.41) is 0. The number of nitrogens with two attached hydrogens (primary N) is 1. The van der Waals surface area contributed by atoms with E-state index in [0.29, 0.717) is 36.4 Å². The summed E-state index contributed by atoms with van der Waals surface area (Å²) in [5.41, 5.74) is 5.60. The van der Waals surface area contributed by atoms with Gasteiger partial charge in [-0.15, -0.1) is 0 Å². The molecule has 3 heterocycles. The molecule has 0 radical (unpaired) electrons. The predicted octanol–water partition coefficient (Wildman–Crippen LogP) is 5.13. The molecule has 0 unspecified atom stereocenters. The number of alkyl halides is 3. The first-order valence-corrected chi connectivity index (χ1v) is 10.5. The van der Waals surface area contributed by atoms with E-state index in [1.54, 1.807) is 4.40 Å². The second-order valence-electron chi connectivity index (χ2n) is 8.21. The molecule has 4 aromatic rings. The van der Waals surface area contributed by atoms with Crippen molar-refractivity contribution in [2.24, 2.45) is 0 Å².